The van der Waals surface area contributed by atoms with Crippen molar-refractivity contribution in [1.82, 2.24) is 10.2 Å². The van der Waals surface area contributed by atoms with Gasteiger partial charge in [-0.2, -0.15) is 0 Å². The van der Waals surface area contributed by atoms with Crippen LogP contribution in [-0.4, -0.2) is 35.8 Å². The Kier molecular flexibility index (Phi) is 7.53. The maximum Gasteiger partial charge on any atom is 0.232 e. The molecule has 1 atom stereocenters. The fourth-order valence-corrected chi connectivity index (χ4v) is 2.66. The Morgan fingerprint density at radius 1 is 1.21 bits per heavy atom. The van der Waals surface area contributed by atoms with Crippen LogP contribution in [0.4, 0.5) is 0 Å². The largest absolute Gasteiger partial charge is 0.356 e. The summed E-state index contributed by atoms with van der Waals surface area (Å²) in [5.74, 6) is -0.124. The van der Waals surface area contributed by atoms with Crippen molar-refractivity contribution in [2.24, 2.45) is 0 Å². The van der Waals surface area contributed by atoms with Crippen molar-refractivity contribution >= 4 is 11.8 Å². The molecule has 0 spiro atoms. The molecular weight excluding hydrogens is 240 g/mol. The zero-order valence-electron chi connectivity index (χ0n) is 12.4. The molecule has 0 radical (unpaired) electrons. The molecular formula is C15H28N2O2. The molecule has 19 heavy (non-hydrogen) atoms. The quantitative estimate of drug-likeness (QED) is 0.569. The van der Waals surface area contributed by atoms with Crippen LogP contribution in [0.25, 0.3) is 0 Å². The minimum Gasteiger partial charge on any atom is -0.356 e. The van der Waals surface area contributed by atoms with Crippen LogP contribution in [0.1, 0.15) is 65.2 Å². The average Bonchev–Trinajstić information content (AvgIpc) is 2.43. The zero-order chi connectivity index (χ0) is 14.1. The molecule has 110 valence electrons. The monoisotopic (exact) mass is 268 g/mol. The molecule has 0 aliphatic carbocycles. The molecule has 1 aliphatic rings. The second-order valence-electron chi connectivity index (χ2n) is 5.38. The van der Waals surface area contributed by atoms with Crippen LogP contribution in [0.3, 0.4) is 0 Å². The highest BCUT2D eigenvalue weighted by Gasteiger charge is 2.26. The molecule has 1 fully saturated rings. The van der Waals surface area contributed by atoms with Crippen LogP contribution < -0.4 is 5.32 Å². The summed E-state index contributed by atoms with van der Waals surface area (Å²) in [6.07, 6.45) is 7.62. The lowest BCUT2D eigenvalue weighted by atomic mass is 9.99. The smallest absolute Gasteiger partial charge is 0.232 e. The fourth-order valence-electron chi connectivity index (χ4n) is 2.66. The number of hydrogen-bond acceptors (Lipinski definition) is 2. The van der Waals surface area contributed by atoms with Gasteiger partial charge >= 0.3 is 0 Å². The predicted octanol–water partition coefficient (Wildman–Crippen LogP) is 2.47. The second kappa shape index (κ2) is 8.94. The molecule has 0 saturated carbocycles. The summed E-state index contributed by atoms with van der Waals surface area (Å²) >= 11 is 0. The van der Waals surface area contributed by atoms with Gasteiger partial charge in [0.05, 0.1) is 0 Å². The molecule has 1 N–H and O–H groups in total. The SMILES string of the molecule is CCCCCNC(=O)CC(=O)N1CCCCC1CC. The fraction of sp³-hybridized carbons (Fsp3) is 0.867. The van der Waals surface area contributed by atoms with E-state index in [2.05, 4.69) is 19.2 Å². The number of hydrogen-bond donors (Lipinski definition) is 1. The Bertz CT molecular complexity index is 292. The normalized spacial score (nSPS) is 19.3. The van der Waals surface area contributed by atoms with E-state index in [0.29, 0.717) is 12.6 Å². The molecule has 0 aromatic carbocycles. The molecule has 1 saturated heterocycles. The first-order chi connectivity index (χ1) is 9.19. The average molecular weight is 268 g/mol. The first kappa shape index (κ1) is 16.0. The third-order valence-electron chi connectivity index (χ3n) is 3.83. The lowest BCUT2D eigenvalue weighted by Crippen LogP contribution is -2.45. The Labute approximate surface area is 116 Å². The number of carbonyl (C=O) groups excluding carboxylic acids is 2. The van der Waals surface area contributed by atoms with E-state index in [1.807, 2.05) is 4.90 Å². The van der Waals surface area contributed by atoms with Crippen molar-refractivity contribution < 1.29 is 9.59 Å². The molecule has 1 rings (SSSR count). The highest BCUT2D eigenvalue weighted by atomic mass is 16.2. The molecule has 0 aromatic heterocycles. The second-order valence-corrected chi connectivity index (χ2v) is 5.38. The molecule has 0 aromatic rings. The van der Waals surface area contributed by atoms with E-state index < -0.39 is 0 Å². The summed E-state index contributed by atoms with van der Waals surface area (Å²) in [5, 5.41) is 2.83. The molecule has 1 heterocycles. The summed E-state index contributed by atoms with van der Waals surface area (Å²) in [6.45, 7) is 5.76. The summed E-state index contributed by atoms with van der Waals surface area (Å²) in [5.41, 5.74) is 0. The zero-order valence-corrected chi connectivity index (χ0v) is 12.4. The predicted molar refractivity (Wildman–Crippen MR) is 76.8 cm³/mol. The van der Waals surface area contributed by atoms with Gasteiger partial charge in [0.2, 0.25) is 11.8 Å². The van der Waals surface area contributed by atoms with Gasteiger partial charge in [0, 0.05) is 19.1 Å². The first-order valence-corrected chi connectivity index (χ1v) is 7.75. The summed E-state index contributed by atoms with van der Waals surface area (Å²) < 4.78 is 0. The van der Waals surface area contributed by atoms with E-state index >= 15 is 0 Å². The maximum atomic E-state index is 12.1. The van der Waals surface area contributed by atoms with Crippen LogP contribution in [0, 0.1) is 0 Å². The van der Waals surface area contributed by atoms with E-state index in [-0.39, 0.29) is 18.2 Å². The summed E-state index contributed by atoms with van der Waals surface area (Å²) in [6, 6.07) is 0.342. The van der Waals surface area contributed by atoms with Gasteiger partial charge in [-0.05, 0) is 32.1 Å². The van der Waals surface area contributed by atoms with Crippen LogP contribution in [0.15, 0.2) is 0 Å². The van der Waals surface area contributed by atoms with E-state index in [1.165, 1.54) is 6.42 Å². The number of likely N-dealkylation sites (tertiary alicyclic amines) is 1. The Morgan fingerprint density at radius 3 is 2.68 bits per heavy atom. The van der Waals surface area contributed by atoms with Crippen LogP contribution in [-0.2, 0) is 9.59 Å². The summed E-state index contributed by atoms with van der Waals surface area (Å²) in [7, 11) is 0. The number of piperidine rings is 1. The first-order valence-electron chi connectivity index (χ1n) is 7.75. The Morgan fingerprint density at radius 2 is 2.00 bits per heavy atom. The molecule has 1 aliphatic heterocycles. The van der Waals surface area contributed by atoms with Gasteiger partial charge in [-0.1, -0.05) is 26.7 Å². The van der Waals surface area contributed by atoms with Crippen LogP contribution >= 0.6 is 0 Å². The number of nitrogens with one attached hydrogen (secondary N) is 1. The number of amides is 2. The summed E-state index contributed by atoms with van der Waals surface area (Å²) in [4.78, 5) is 25.7. The minimum atomic E-state index is -0.124. The Hall–Kier alpha value is -1.06. The molecule has 2 amide bonds. The third-order valence-corrected chi connectivity index (χ3v) is 3.83. The number of unbranched alkanes of at least 4 members (excludes halogenated alkanes) is 2. The molecule has 4 nitrogen and oxygen atoms in total. The van der Waals surface area contributed by atoms with Gasteiger partial charge in [-0.15, -0.1) is 0 Å². The van der Waals surface area contributed by atoms with Crippen molar-refractivity contribution in [3.63, 3.8) is 0 Å². The van der Waals surface area contributed by atoms with Gasteiger partial charge in [0.25, 0.3) is 0 Å². The van der Waals surface area contributed by atoms with Gasteiger partial charge in [0.1, 0.15) is 6.42 Å². The third kappa shape index (κ3) is 5.62. The van der Waals surface area contributed by atoms with Gasteiger partial charge in [0.15, 0.2) is 0 Å². The number of carbonyl (C=O) groups is 2. The van der Waals surface area contributed by atoms with Crippen LogP contribution in [0.5, 0.6) is 0 Å². The van der Waals surface area contributed by atoms with Crippen molar-refractivity contribution in [3.8, 4) is 0 Å². The van der Waals surface area contributed by atoms with Crippen molar-refractivity contribution in [1.29, 1.82) is 0 Å². The molecule has 0 bridgehead atoms. The molecule has 4 heteroatoms. The highest BCUT2D eigenvalue weighted by Crippen LogP contribution is 2.20. The standard InChI is InChI=1S/C15H28N2O2/c1-3-5-7-10-16-14(18)12-15(19)17-11-8-6-9-13(17)4-2/h13H,3-12H2,1-2H3,(H,16,18). The van der Waals surface area contributed by atoms with E-state index in [4.69, 9.17) is 0 Å². The topological polar surface area (TPSA) is 49.4 Å². The van der Waals surface area contributed by atoms with Crippen molar-refractivity contribution in [2.45, 2.75) is 71.3 Å². The highest BCUT2D eigenvalue weighted by molar-refractivity contribution is 5.97. The van der Waals surface area contributed by atoms with Crippen LogP contribution in [0.2, 0.25) is 0 Å². The van der Waals surface area contributed by atoms with Crippen molar-refractivity contribution in [2.75, 3.05) is 13.1 Å². The van der Waals surface area contributed by atoms with Gasteiger partial charge in [-0.25, -0.2) is 0 Å². The lowest BCUT2D eigenvalue weighted by Gasteiger charge is -2.35. The minimum absolute atomic E-state index is 0.000425. The Balaban J connectivity index is 2.30. The molecule has 1 unspecified atom stereocenters. The number of nitrogens with zero attached hydrogens (tertiary/aromatic N) is 1. The lowest BCUT2D eigenvalue weighted by molar-refractivity contribution is -0.139. The number of rotatable bonds is 7. The van der Waals surface area contributed by atoms with Gasteiger partial charge in [-0.3, -0.25) is 9.59 Å². The van der Waals surface area contributed by atoms with E-state index in [9.17, 15) is 9.59 Å². The van der Waals surface area contributed by atoms with E-state index in [1.54, 1.807) is 0 Å². The maximum absolute atomic E-state index is 12.1. The van der Waals surface area contributed by atoms with Crippen molar-refractivity contribution in [3.05, 3.63) is 0 Å². The van der Waals surface area contributed by atoms with E-state index in [0.717, 1.165) is 45.1 Å². The van der Waals surface area contributed by atoms with Gasteiger partial charge < -0.3 is 10.2 Å².